The molecule has 0 radical (unpaired) electrons. The predicted octanol–water partition coefficient (Wildman–Crippen LogP) is 4.23. The maximum atomic E-state index is 13.4. The lowest BCUT2D eigenvalue weighted by Crippen LogP contribution is -2.53. The zero-order chi connectivity index (χ0) is 32.4. The van der Waals surface area contributed by atoms with Crippen LogP contribution in [0.15, 0.2) is 36.4 Å². The van der Waals surface area contributed by atoms with Crippen LogP contribution < -0.4 is 25.4 Å². The highest BCUT2D eigenvalue weighted by Gasteiger charge is 2.30. The molecule has 1 aliphatic rings. The highest BCUT2D eigenvalue weighted by Crippen LogP contribution is 2.32. The molecule has 1 heterocycles. The molecule has 0 saturated carbocycles. The van der Waals surface area contributed by atoms with Crippen molar-refractivity contribution in [1.82, 2.24) is 20.9 Å². The number of carbonyl (C=O) groups excluding carboxylic acids is 4. The summed E-state index contributed by atoms with van der Waals surface area (Å²) in [5, 5.41) is 8.94. The quantitative estimate of drug-likeness (QED) is 0.357. The van der Waals surface area contributed by atoms with E-state index < -0.39 is 29.8 Å². The van der Waals surface area contributed by atoms with Gasteiger partial charge in [-0.2, -0.15) is 0 Å². The van der Waals surface area contributed by atoms with E-state index in [1.165, 1.54) is 0 Å². The lowest BCUT2D eigenvalue weighted by molar-refractivity contribution is -0.137. The number of nitrogens with one attached hydrogen (secondary N) is 3. The maximum absolute atomic E-state index is 13.4. The van der Waals surface area contributed by atoms with Crippen molar-refractivity contribution in [3.63, 3.8) is 0 Å². The Hall–Kier alpha value is -3.79. The molecule has 0 aliphatic carbocycles. The Morgan fingerprint density at radius 1 is 1.14 bits per heavy atom. The number of rotatable bonds is 9. The normalized spacial score (nSPS) is 18.2. The van der Waals surface area contributed by atoms with Crippen LogP contribution >= 0.6 is 11.6 Å². The first-order valence-electron chi connectivity index (χ1n) is 15.2. The number of nitrogens with zero attached hydrogens (tertiary/aromatic N) is 1. The molecule has 2 aromatic carbocycles. The summed E-state index contributed by atoms with van der Waals surface area (Å²) in [7, 11) is 0. The average Bonchev–Trinajstić information content (AvgIpc) is 2.97. The molecular weight excluding hydrogens is 584 g/mol. The number of ether oxygens (including phenoxy) is 2. The van der Waals surface area contributed by atoms with Gasteiger partial charge >= 0.3 is 0 Å². The van der Waals surface area contributed by atoms with E-state index in [0.29, 0.717) is 29.5 Å². The van der Waals surface area contributed by atoms with E-state index in [2.05, 4.69) is 16.0 Å². The van der Waals surface area contributed by atoms with E-state index in [9.17, 15) is 19.2 Å². The largest absolute Gasteiger partial charge is 0.491 e. The molecule has 0 saturated heterocycles. The van der Waals surface area contributed by atoms with Crippen LogP contribution in [0.3, 0.4) is 0 Å². The van der Waals surface area contributed by atoms with Crippen molar-refractivity contribution in [2.24, 2.45) is 5.92 Å². The number of fused-ring (bicyclic) bond motifs is 1. The van der Waals surface area contributed by atoms with E-state index in [4.69, 9.17) is 21.1 Å². The van der Waals surface area contributed by atoms with Gasteiger partial charge in [0.1, 0.15) is 36.8 Å². The Bertz CT molecular complexity index is 1330. The van der Waals surface area contributed by atoms with Crippen LogP contribution in [0.25, 0.3) is 0 Å². The van der Waals surface area contributed by atoms with Crippen molar-refractivity contribution in [1.29, 1.82) is 0 Å². The first-order valence-corrected chi connectivity index (χ1v) is 15.6. The third kappa shape index (κ3) is 9.61. The average molecular weight is 629 g/mol. The number of likely N-dealkylation sites (N-methyl/N-ethyl adjacent to an activating group) is 1. The summed E-state index contributed by atoms with van der Waals surface area (Å²) >= 11 is 6.30. The number of benzene rings is 2. The highest BCUT2D eigenvalue weighted by molar-refractivity contribution is 6.31. The van der Waals surface area contributed by atoms with Gasteiger partial charge in [-0.15, -0.1) is 0 Å². The van der Waals surface area contributed by atoms with Crippen LogP contribution in [0, 0.1) is 12.8 Å². The molecule has 11 heteroatoms. The molecule has 4 amide bonds. The van der Waals surface area contributed by atoms with E-state index >= 15 is 0 Å². The van der Waals surface area contributed by atoms with Gasteiger partial charge in [0.2, 0.25) is 17.7 Å². The number of aryl methyl sites for hydroxylation is 1. The van der Waals surface area contributed by atoms with E-state index in [1.807, 2.05) is 53.7 Å². The lowest BCUT2D eigenvalue weighted by Gasteiger charge is -2.29. The van der Waals surface area contributed by atoms with Gasteiger partial charge in [-0.1, -0.05) is 51.4 Å². The number of para-hydroxylation sites is 1. The molecule has 10 nitrogen and oxygen atoms in total. The van der Waals surface area contributed by atoms with Gasteiger partial charge in [0, 0.05) is 11.6 Å². The maximum Gasteiger partial charge on any atom is 0.255 e. The number of hydrogen-bond donors (Lipinski definition) is 3. The summed E-state index contributed by atoms with van der Waals surface area (Å²) in [6.45, 7) is 12.9. The Labute approximate surface area is 265 Å². The lowest BCUT2D eigenvalue weighted by atomic mass is 10.0. The molecule has 1 aliphatic heterocycles. The molecule has 0 aromatic heterocycles. The van der Waals surface area contributed by atoms with Gasteiger partial charge in [-0.3, -0.25) is 19.2 Å². The summed E-state index contributed by atoms with van der Waals surface area (Å²) in [6, 6.07) is 8.44. The number of hydrogen-bond acceptors (Lipinski definition) is 6. The molecule has 3 rings (SSSR count). The standard InChI is InChI=1S/C33H45ClN4O6/c1-7-38-13-15-44-28-11-9-8-10-23(28)31(40)37-26(19-30(39)36-27(33(38)42)16-20(2)3)32(41)35-12-14-43-29-17-22(6)25(34)18-24(29)21(4)5/h8-11,17-18,20-21,26-27H,7,12-16,19H2,1-6H3,(H,35,41)(H,36,39)(H,37,40)/t26-,27+/m0/s1. The van der Waals surface area contributed by atoms with Gasteiger partial charge in [0.15, 0.2) is 0 Å². The Kier molecular flexibility index (Phi) is 12.9. The topological polar surface area (TPSA) is 126 Å². The van der Waals surface area contributed by atoms with Crippen LogP contribution in [0.2, 0.25) is 5.02 Å². The van der Waals surface area contributed by atoms with Gasteiger partial charge in [0.05, 0.1) is 25.1 Å². The Balaban J connectivity index is 1.80. The molecule has 2 aromatic rings. The van der Waals surface area contributed by atoms with Gasteiger partial charge in [0.25, 0.3) is 5.91 Å². The smallest absolute Gasteiger partial charge is 0.255 e. The summed E-state index contributed by atoms with van der Waals surface area (Å²) in [5.74, 6) is -0.535. The summed E-state index contributed by atoms with van der Waals surface area (Å²) in [4.78, 5) is 55.0. The van der Waals surface area contributed by atoms with Crippen molar-refractivity contribution in [2.75, 3.05) is 32.8 Å². The molecular formula is C33H45ClN4O6. The van der Waals surface area contributed by atoms with Crippen molar-refractivity contribution in [2.45, 2.75) is 72.4 Å². The molecule has 2 atom stereocenters. The van der Waals surface area contributed by atoms with Crippen molar-refractivity contribution in [3.05, 3.63) is 58.1 Å². The molecule has 3 N–H and O–H groups in total. The van der Waals surface area contributed by atoms with Crippen LogP contribution in [0.5, 0.6) is 11.5 Å². The van der Waals surface area contributed by atoms with E-state index in [1.54, 1.807) is 29.2 Å². The second-order valence-electron chi connectivity index (χ2n) is 11.7. The number of carbonyl (C=O) groups is 4. The fourth-order valence-corrected chi connectivity index (χ4v) is 5.14. The Morgan fingerprint density at radius 3 is 2.55 bits per heavy atom. The second-order valence-corrected chi connectivity index (χ2v) is 12.1. The highest BCUT2D eigenvalue weighted by atomic mass is 35.5. The zero-order valence-corrected chi connectivity index (χ0v) is 27.3. The third-order valence-corrected chi connectivity index (χ3v) is 7.77. The first-order chi connectivity index (χ1) is 20.9. The molecule has 44 heavy (non-hydrogen) atoms. The van der Waals surface area contributed by atoms with Crippen LogP contribution in [0.4, 0.5) is 0 Å². The van der Waals surface area contributed by atoms with E-state index in [-0.39, 0.29) is 56.0 Å². The van der Waals surface area contributed by atoms with Gasteiger partial charge in [-0.25, -0.2) is 0 Å². The number of amides is 4. The van der Waals surface area contributed by atoms with Crippen molar-refractivity contribution < 1.29 is 28.7 Å². The first kappa shape index (κ1) is 34.7. The molecule has 0 fully saturated rings. The minimum Gasteiger partial charge on any atom is -0.491 e. The molecule has 240 valence electrons. The Morgan fingerprint density at radius 2 is 1.86 bits per heavy atom. The van der Waals surface area contributed by atoms with E-state index in [0.717, 1.165) is 11.1 Å². The van der Waals surface area contributed by atoms with Gasteiger partial charge in [-0.05, 0) is 67.5 Å². The van der Waals surface area contributed by atoms with Crippen LogP contribution in [-0.2, 0) is 14.4 Å². The summed E-state index contributed by atoms with van der Waals surface area (Å²) in [6.07, 6.45) is 0.0667. The summed E-state index contributed by atoms with van der Waals surface area (Å²) < 4.78 is 11.9. The second kappa shape index (κ2) is 16.3. The minimum atomic E-state index is -1.21. The van der Waals surface area contributed by atoms with Crippen LogP contribution in [-0.4, -0.2) is 73.5 Å². The zero-order valence-electron chi connectivity index (χ0n) is 26.5. The molecule has 0 spiro atoms. The van der Waals surface area contributed by atoms with Crippen molar-refractivity contribution in [3.8, 4) is 11.5 Å². The van der Waals surface area contributed by atoms with Crippen LogP contribution in [0.1, 0.15) is 74.9 Å². The van der Waals surface area contributed by atoms with Gasteiger partial charge < -0.3 is 30.3 Å². The third-order valence-electron chi connectivity index (χ3n) is 7.37. The monoisotopic (exact) mass is 628 g/mol. The molecule has 0 bridgehead atoms. The van der Waals surface area contributed by atoms with Crippen molar-refractivity contribution >= 4 is 35.2 Å². The SMILES string of the molecule is CCN1CCOc2ccccc2C(=O)N[C@H](C(=O)NCCOc2cc(C)c(Cl)cc2C(C)C)CC(=O)N[C@H](CC(C)C)C1=O. The fourth-order valence-electron chi connectivity index (χ4n) is 4.97. The fraction of sp³-hybridized carbons (Fsp3) is 0.515. The predicted molar refractivity (Wildman–Crippen MR) is 170 cm³/mol. The number of halogens is 1. The molecule has 0 unspecified atom stereocenters. The minimum absolute atomic E-state index is 0.129. The summed E-state index contributed by atoms with van der Waals surface area (Å²) in [5.41, 5.74) is 2.05.